The van der Waals surface area contributed by atoms with Crippen LogP contribution in [0.1, 0.15) is 36.7 Å². The van der Waals surface area contributed by atoms with Crippen molar-refractivity contribution >= 4 is 5.65 Å². The third kappa shape index (κ3) is 1.41. The molecule has 84 valence electrons. The second-order valence-corrected chi connectivity index (χ2v) is 4.65. The highest BCUT2D eigenvalue weighted by Crippen LogP contribution is 2.18. The molecule has 3 rings (SSSR count). The molecule has 3 heterocycles. The van der Waals surface area contributed by atoms with E-state index < -0.39 is 0 Å². The van der Waals surface area contributed by atoms with Crippen molar-refractivity contribution in [1.29, 1.82) is 0 Å². The molecule has 1 aliphatic heterocycles. The van der Waals surface area contributed by atoms with Crippen molar-refractivity contribution in [2.24, 2.45) is 0 Å². The van der Waals surface area contributed by atoms with Crippen LogP contribution >= 0.6 is 0 Å². The largest absolute Gasteiger partial charge is 0.312 e. The highest BCUT2D eigenvalue weighted by atomic mass is 15.3. The Morgan fingerprint density at radius 3 is 3.12 bits per heavy atom. The smallest absolute Gasteiger partial charge is 0.155 e. The van der Waals surface area contributed by atoms with Crippen molar-refractivity contribution in [3.05, 3.63) is 29.2 Å². The van der Waals surface area contributed by atoms with Gasteiger partial charge in [0.05, 0.1) is 11.4 Å². The van der Waals surface area contributed by atoms with E-state index in [9.17, 15) is 0 Å². The van der Waals surface area contributed by atoms with Crippen LogP contribution in [0.3, 0.4) is 0 Å². The van der Waals surface area contributed by atoms with Gasteiger partial charge in [-0.1, -0.05) is 13.8 Å². The van der Waals surface area contributed by atoms with E-state index in [2.05, 4.69) is 35.3 Å². The van der Waals surface area contributed by atoms with Gasteiger partial charge in [-0.15, -0.1) is 0 Å². The van der Waals surface area contributed by atoms with Crippen molar-refractivity contribution in [3.63, 3.8) is 0 Å². The first kappa shape index (κ1) is 9.78. The molecule has 2 aromatic heterocycles. The average molecular weight is 216 g/mol. The molecule has 0 spiro atoms. The molecular weight excluding hydrogens is 200 g/mol. The highest BCUT2D eigenvalue weighted by molar-refractivity contribution is 5.43. The first-order chi connectivity index (χ1) is 7.75. The van der Waals surface area contributed by atoms with E-state index in [1.54, 1.807) is 0 Å². The fourth-order valence-corrected chi connectivity index (χ4v) is 2.16. The fraction of sp³-hybridized carbons (Fsp3) is 0.500. The van der Waals surface area contributed by atoms with Crippen molar-refractivity contribution < 1.29 is 0 Å². The zero-order chi connectivity index (χ0) is 11.1. The SMILES string of the molecule is CC(C)c1cc2ncc3c(n2n1)CCNC3. The van der Waals surface area contributed by atoms with E-state index in [1.165, 1.54) is 11.3 Å². The number of fused-ring (bicyclic) bond motifs is 3. The van der Waals surface area contributed by atoms with Crippen LogP contribution in [0.15, 0.2) is 12.3 Å². The van der Waals surface area contributed by atoms with E-state index in [4.69, 9.17) is 0 Å². The zero-order valence-corrected chi connectivity index (χ0v) is 9.70. The number of rotatable bonds is 1. The van der Waals surface area contributed by atoms with E-state index in [-0.39, 0.29) is 0 Å². The molecule has 0 aliphatic carbocycles. The average Bonchev–Trinajstić information content (AvgIpc) is 2.73. The molecule has 0 bridgehead atoms. The molecule has 0 fully saturated rings. The van der Waals surface area contributed by atoms with Crippen LogP contribution < -0.4 is 5.32 Å². The number of aromatic nitrogens is 3. The van der Waals surface area contributed by atoms with Gasteiger partial charge < -0.3 is 5.32 Å². The van der Waals surface area contributed by atoms with Crippen molar-refractivity contribution in [1.82, 2.24) is 19.9 Å². The molecule has 0 aromatic carbocycles. The predicted octanol–water partition coefficient (Wildman–Crippen LogP) is 1.50. The lowest BCUT2D eigenvalue weighted by molar-refractivity contribution is 0.607. The zero-order valence-electron chi connectivity index (χ0n) is 9.70. The van der Waals surface area contributed by atoms with Crippen LogP contribution in [0, 0.1) is 0 Å². The first-order valence-electron chi connectivity index (χ1n) is 5.83. The van der Waals surface area contributed by atoms with Crippen LogP contribution in [-0.2, 0) is 13.0 Å². The number of hydrogen-bond acceptors (Lipinski definition) is 3. The summed E-state index contributed by atoms with van der Waals surface area (Å²) in [6, 6.07) is 2.09. The number of nitrogens with one attached hydrogen (secondary N) is 1. The molecule has 0 unspecified atom stereocenters. The van der Waals surface area contributed by atoms with Gasteiger partial charge in [-0.05, 0) is 5.92 Å². The minimum absolute atomic E-state index is 0.457. The van der Waals surface area contributed by atoms with Crippen LogP contribution in [0.5, 0.6) is 0 Å². The maximum atomic E-state index is 4.65. The normalized spacial score (nSPS) is 15.7. The maximum Gasteiger partial charge on any atom is 0.155 e. The summed E-state index contributed by atoms with van der Waals surface area (Å²) in [5, 5.41) is 8.01. The van der Waals surface area contributed by atoms with Crippen LogP contribution in [0.25, 0.3) is 5.65 Å². The van der Waals surface area contributed by atoms with Gasteiger partial charge in [0, 0.05) is 37.3 Å². The second-order valence-electron chi connectivity index (χ2n) is 4.65. The van der Waals surface area contributed by atoms with E-state index >= 15 is 0 Å². The lowest BCUT2D eigenvalue weighted by atomic mass is 10.1. The molecule has 1 aliphatic rings. The van der Waals surface area contributed by atoms with Gasteiger partial charge in [0.15, 0.2) is 5.65 Å². The Labute approximate surface area is 94.7 Å². The van der Waals surface area contributed by atoms with E-state index in [1.807, 2.05) is 10.7 Å². The Hall–Kier alpha value is -1.42. The second kappa shape index (κ2) is 3.56. The molecule has 4 nitrogen and oxygen atoms in total. The molecule has 0 saturated heterocycles. The molecule has 1 N–H and O–H groups in total. The molecular formula is C12H16N4. The third-order valence-electron chi connectivity index (χ3n) is 3.13. The Morgan fingerprint density at radius 2 is 2.31 bits per heavy atom. The number of nitrogens with zero attached hydrogens (tertiary/aromatic N) is 3. The van der Waals surface area contributed by atoms with Gasteiger partial charge in [0.2, 0.25) is 0 Å². The van der Waals surface area contributed by atoms with Gasteiger partial charge >= 0.3 is 0 Å². The first-order valence-corrected chi connectivity index (χ1v) is 5.83. The van der Waals surface area contributed by atoms with Gasteiger partial charge in [0.1, 0.15) is 0 Å². The van der Waals surface area contributed by atoms with Crippen LogP contribution in [-0.4, -0.2) is 21.1 Å². The summed E-state index contributed by atoms with van der Waals surface area (Å²) in [4.78, 5) is 4.46. The minimum atomic E-state index is 0.457. The maximum absolute atomic E-state index is 4.65. The Balaban J connectivity index is 2.22. The Morgan fingerprint density at radius 1 is 1.44 bits per heavy atom. The fourth-order valence-electron chi connectivity index (χ4n) is 2.16. The lowest BCUT2D eigenvalue weighted by Gasteiger charge is -2.16. The summed E-state index contributed by atoms with van der Waals surface area (Å²) >= 11 is 0. The van der Waals surface area contributed by atoms with Crippen LogP contribution in [0.2, 0.25) is 0 Å². The number of hydrogen-bond donors (Lipinski definition) is 1. The monoisotopic (exact) mass is 216 g/mol. The molecule has 0 saturated carbocycles. The van der Waals surface area contributed by atoms with Crippen molar-refractivity contribution in [3.8, 4) is 0 Å². The lowest BCUT2D eigenvalue weighted by Crippen LogP contribution is -2.26. The van der Waals surface area contributed by atoms with Gasteiger partial charge in [0.25, 0.3) is 0 Å². The summed E-state index contributed by atoms with van der Waals surface area (Å²) in [6.45, 7) is 6.27. The van der Waals surface area contributed by atoms with Gasteiger partial charge in [-0.25, -0.2) is 9.50 Å². The van der Waals surface area contributed by atoms with Crippen molar-refractivity contribution in [2.75, 3.05) is 6.54 Å². The summed E-state index contributed by atoms with van der Waals surface area (Å²) in [7, 11) is 0. The Bertz CT molecular complexity index is 527. The molecule has 16 heavy (non-hydrogen) atoms. The standard InChI is InChI=1S/C12H16N4/c1-8(2)10-5-12-14-7-9-6-13-4-3-11(9)16(12)15-10/h5,7-8,13H,3-4,6H2,1-2H3. The predicted molar refractivity (Wildman–Crippen MR) is 62.5 cm³/mol. The van der Waals surface area contributed by atoms with Crippen LogP contribution in [0.4, 0.5) is 0 Å². The third-order valence-corrected chi connectivity index (χ3v) is 3.13. The van der Waals surface area contributed by atoms with Gasteiger partial charge in [-0.3, -0.25) is 0 Å². The molecule has 2 aromatic rings. The molecule has 0 amide bonds. The summed E-state index contributed by atoms with van der Waals surface area (Å²) in [6.07, 6.45) is 3.01. The topological polar surface area (TPSA) is 42.2 Å². The summed E-state index contributed by atoms with van der Waals surface area (Å²) in [5.41, 5.74) is 4.69. The molecule has 0 atom stereocenters. The highest BCUT2D eigenvalue weighted by Gasteiger charge is 2.15. The molecule has 4 heteroatoms. The summed E-state index contributed by atoms with van der Waals surface area (Å²) < 4.78 is 2.02. The summed E-state index contributed by atoms with van der Waals surface area (Å²) in [5.74, 6) is 0.457. The van der Waals surface area contributed by atoms with E-state index in [0.29, 0.717) is 5.92 Å². The van der Waals surface area contributed by atoms with Crippen molar-refractivity contribution in [2.45, 2.75) is 32.7 Å². The van der Waals surface area contributed by atoms with E-state index in [0.717, 1.165) is 30.9 Å². The quantitative estimate of drug-likeness (QED) is 0.785. The minimum Gasteiger partial charge on any atom is -0.312 e. The molecule has 0 radical (unpaired) electrons. The van der Waals surface area contributed by atoms with Gasteiger partial charge in [-0.2, -0.15) is 5.10 Å². The Kier molecular flexibility index (Phi) is 2.17.